The van der Waals surface area contributed by atoms with Crippen LogP contribution in [-0.2, 0) is 0 Å². The highest BCUT2D eigenvalue weighted by molar-refractivity contribution is 5.62. The Kier molecular flexibility index (Phi) is 1.71. The first-order chi connectivity index (χ1) is 4.74. The Morgan fingerprint density at radius 2 is 2.20 bits per heavy atom. The third kappa shape index (κ3) is 1.16. The van der Waals surface area contributed by atoms with Gasteiger partial charge in [0, 0.05) is 5.69 Å². The monoisotopic (exact) mass is 137 g/mol. The molecule has 0 unspecified atom stereocenters. The second-order valence-corrected chi connectivity index (χ2v) is 1.98. The molecule has 0 radical (unpaired) electrons. The number of hydrogen-bond donors (Lipinski definition) is 1. The SMILES string of the molecule is C=Cc1ccc(F)cc1N. The maximum Gasteiger partial charge on any atom is 0.125 e. The zero-order valence-corrected chi connectivity index (χ0v) is 5.47. The van der Waals surface area contributed by atoms with Crippen molar-refractivity contribution >= 4 is 11.8 Å². The molecule has 1 aromatic rings. The third-order valence-corrected chi connectivity index (χ3v) is 1.27. The lowest BCUT2D eigenvalue weighted by Gasteiger charge is -1.97. The molecule has 0 aromatic heterocycles. The molecule has 0 aliphatic carbocycles. The van der Waals surface area contributed by atoms with Crippen LogP contribution >= 0.6 is 0 Å². The van der Waals surface area contributed by atoms with Gasteiger partial charge in [-0.2, -0.15) is 0 Å². The molecule has 52 valence electrons. The number of anilines is 1. The fourth-order valence-corrected chi connectivity index (χ4v) is 0.732. The van der Waals surface area contributed by atoms with Crippen molar-refractivity contribution in [1.82, 2.24) is 0 Å². The van der Waals surface area contributed by atoms with Crippen LogP contribution in [0.2, 0.25) is 0 Å². The molecular formula is C8H8FN. The van der Waals surface area contributed by atoms with Crippen LogP contribution in [0.25, 0.3) is 6.08 Å². The van der Waals surface area contributed by atoms with E-state index in [1.165, 1.54) is 12.1 Å². The van der Waals surface area contributed by atoms with Crippen LogP contribution in [-0.4, -0.2) is 0 Å². The van der Waals surface area contributed by atoms with Gasteiger partial charge in [0.05, 0.1) is 0 Å². The fourth-order valence-electron chi connectivity index (χ4n) is 0.732. The minimum atomic E-state index is -0.317. The molecule has 0 amide bonds. The molecule has 0 saturated heterocycles. The van der Waals surface area contributed by atoms with Gasteiger partial charge in [-0.05, 0) is 17.7 Å². The van der Waals surface area contributed by atoms with Crippen molar-refractivity contribution in [3.8, 4) is 0 Å². The average Bonchev–Trinajstić information content (AvgIpc) is 1.88. The minimum Gasteiger partial charge on any atom is -0.398 e. The van der Waals surface area contributed by atoms with Crippen molar-refractivity contribution in [2.24, 2.45) is 0 Å². The molecule has 0 aliphatic heterocycles. The first-order valence-corrected chi connectivity index (χ1v) is 2.91. The Labute approximate surface area is 59.0 Å². The molecule has 0 bridgehead atoms. The van der Waals surface area contributed by atoms with E-state index in [4.69, 9.17) is 5.73 Å². The van der Waals surface area contributed by atoms with Gasteiger partial charge in [0.15, 0.2) is 0 Å². The second kappa shape index (κ2) is 2.52. The van der Waals surface area contributed by atoms with E-state index in [9.17, 15) is 4.39 Å². The van der Waals surface area contributed by atoms with Gasteiger partial charge < -0.3 is 5.73 Å². The third-order valence-electron chi connectivity index (χ3n) is 1.27. The fraction of sp³-hybridized carbons (Fsp3) is 0. The molecule has 0 heterocycles. The van der Waals surface area contributed by atoms with Gasteiger partial charge in [-0.3, -0.25) is 0 Å². The van der Waals surface area contributed by atoms with Crippen LogP contribution < -0.4 is 5.73 Å². The summed E-state index contributed by atoms with van der Waals surface area (Å²) < 4.78 is 12.4. The van der Waals surface area contributed by atoms with Gasteiger partial charge in [-0.1, -0.05) is 18.7 Å². The van der Waals surface area contributed by atoms with Crippen LogP contribution in [0.3, 0.4) is 0 Å². The lowest BCUT2D eigenvalue weighted by atomic mass is 10.2. The first-order valence-electron chi connectivity index (χ1n) is 2.91. The predicted molar refractivity (Wildman–Crippen MR) is 40.9 cm³/mol. The molecule has 2 heteroatoms. The lowest BCUT2D eigenvalue weighted by Crippen LogP contribution is -1.89. The summed E-state index contributed by atoms with van der Waals surface area (Å²) in [6.45, 7) is 3.52. The van der Waals surface area contributed by atoms with Gasteiger partial charge in [0.1, 0.15) is 5.82 Å². The number of rotatable bonds is 1. The van der Waals surface area contributed by atoms with Crippen LogP contribution in [0.1, 0.15) is 5.56 Å². The Bertz CT molecular complexity index is 255. The Balaban J connectivity index is 3.19. The molecule has 10 heavy (non-hydrogen) atoms. The standard InChI is InChI=1S/C8H8FN/c1-2-6-3-4-7(9)5-8(6)10/h2-5H,1,10H2. The highest BCUT2D eigenvalue weighted by Gasteiger charge is 1.94. The van der Waals surface area contributed by atoms with Crippen LogP contribution in [0.15, 0.2) is 24.8 Å². The summed E-state index contributed by atoms with van der Waals surface area (Å²) in [4.78, 5) is 0. The van der Waals surface area contributed by atoms with E-state index in [2.05, 4.69) is 6.58 Å². The predicted octanol–water partition coefficient (Wildman–Crippen LogP) is 2.05. The quantitative estimate of drug-likeness (QED) is 0.589. The topological polar surface area (TPSA) is 26.0 Å². The normalized spacial score (nSPS) is 9.30. The van der Waals surface area contributed by atoms with Crippen molar-refractivity contribution in [1.29, 1.82) is 0 Å². The largest absolute Gasteiger partial charge is 0.398 e. The number of nitrogen functional groups attached to an aromatic ring is 1. The number of hydrogen-bond acceptors (Lipinski definition) is 1. The summed E-state index contributed by atoms with van der Waals surface area (Å²) in [5.41, 5.74) is 6.61. The van der Waals surface area contributed by atoms with Crippen molar-refractivity contribution in [3.63, 3.8) is 0 Å². The Hall–Kier alpha value is -1.31. The van der Waals surface area contributed by atoms with Gasteiger partial charge in [-0.15, -0.1) is 0 Å². The summed E-state index contributed by atoms with van der Waals surface area (Å²) in [5.74, 6) is -0.317. The average molecular weight is 137 g/mol. The van der Waals surface area contributed by atoms with Crippen molar-refractivity contribution in [2.75, 3.05) is 5.73 Å². The smallest absolute Gasteiger partial charge is 0.125 e. The van der Waals surface area contributed by atoms with Crippen LogP contribution in [0, 0.1) is 5.82 Å². The highest BCUT2D eigenvalue weighted by atomic mass is 19.1. The molecule has 0 fully saturated rings. The van der Waals surface area contributed by atoms with Crippen molar-refractivity contribution in [3.05, 3.63) is 36.2 Å². The van der Waals surface area contributed by atoms with E-state index < -0.39 is 0 Å². The van der Waals surface area contributed by atoms with Gasteiger partial charge >= 0.3 is 0 Å². The van der Waals surface area contributed by atoms with E-state index in [1.54, 1.807) is 12.1 Å². The van der Waals surface area contributed by atoms with Crippen molar-refractivity contribution < 1.29 is 4.39 Å². The van der Waals surface area contributed by atoms with Crippen molar-refractivity contribution in [2.45, 2.75) is 0 Å². The molecule has 0 saturated carbocycles. The summed E-state index contributed by atoms with van der Waals surface area (Å²) in [5, 5.41) is 0. The second-order valence-electron chi connectivity index (χ2n) is 1.98. The van der Waals surface area contributed by atoms with Gasteiger partial charge in [0.25, 0.3) is 0 Å². The molecule has 1 nitrogen and oxygen atoms in total. The first kappa shape index (κ1) is 6.81. The van der Waals surface area contributed by atoms with Crippen LogP contribution in [0.4, 0.5) is 10.1 Å². The molecule has 1 aromatic carbocycles. The Morgan fingerprint density at radius 3 is 2.70 bits per heavy atom. The van der Waals surface area contributed by atoms with Gasteiger partial charge in [0.2, 0.25) is 0 Å². The number of benzene rings is 1. The van der Waals surface area contributed by atoms with E-state index in [0.29, 0.717) is 5.69 Å². The van der Waals surface area contributed by atoms with E-state index in [1.807, 2.05) is 0 Å². The number of nitrogens with two attached hydrogens (primary N) is 1. The lowest BCUT2D eigenvalue weighted by molar-refractivity contribution is 0.628. The molecule has 0 atom stereocenters. The summed E-state index contributed by atoms with van der Waals surface area (Å²) in [6, 6.07) is 4.22. The van der Waals surface area contributed by atoms with E-state index in [0.717, 1.165) is 5.56 Å². The summed E-state index contributed by atoms with van der Waals surface area (Å²) in [7, 11) is 0. The minimum absolute atomic E-state index is 0.317. The Morgan fingerprint density at radius 1 is 1.50 bits per heavy atom. The van der Waals surface area contributed by atoms with Crippen LogP contribution in [0.5, 0.6) is 0 Å². The maximum absolute atomic E-state index is 12.4. The molecule has 0 spiro atoms. The highest BCUT2D eigenvalue weighted by Crippen LogP contribution is 2.13. The van der Waals surface area contributed by atoms with E-state index in [-0.39, 0.29) is 5.82 Å². The van der Waals surface area contributed by atoms with E-state index >= 15 is 0 Å². The number of halogens is 1. The molecule has 1 rings (SSSR count). The summed E-state index contributed by atoms with van der Waals surface area (Å²) >= 11 is 0. The zero-order chi connectivity index (χ0) is 7.56. The zero-order valence-electron chi connectivity index (χ0n) is 5.47. The van der Waals surface area contributed by atoms with Gasteiger partial charge in [-0.25, -0.2) is 4.39 Å². The summed E-state index contributed by atoms with van der Waals surface area (Å²) in [6.07, 6.45) is 1.59. The molecule has 2 N–H and O–H groups in total. The maximum atomic E-state index is 12.4. The molecular weight excluding hydrogens is 129 g/mol. The molecule has 0 aliphatic rings.